The molecule has 90 valence electrons. The van der Waals surface area contributed by atoms with Crippen LogP contribution >= 0.6 is 15.9 Å². The molecule has 1 N–H and O–H groups in total. The number of hydrogen-bond donors (Lipinski definition) is 1. The zero-order valence-corrected chi connectivity index (χ0v) is 11.8. The molecule has 0 aliphatic heterocycles. The van der Waals surface area contributed by atoms with E-state index in [-0.39, 0.29) is 6.04 Å². The third kappa shape index (κ3) is 2.45. The first-order chi connectivity index (χ1) is 8.13. The van der Waals surface area contributed by atoms with E-state index in [0.29, 0.717) is 0 Å². The highest BCUT2D eigenvalue weighted by Gasteiger charge is 2.14. The van der Waals surface area contributed by atoms with Crippen LogP contribution in [0.1, 0.15) is 28.3 Å². The van der Waals surface area contributed by atoms with Crippen LogP contribution in [0.4, 0.5) is 0 Å². The van der Waals surface area contributed by atoms with E-state index in [1.54, 1.807) is 12.5 Å². The fourth-order valence-corrected chi connectivity index (χ4v) is 2.34. The highest BCUT2D eigenvalue weighted by Crippen LogP contribution is 2.28. The average Bonchev–Trinajstić information content (AvgIpc) is 2.80. The van der Waals surface area contributed by atoms with Gasteiger partial charge in [-0.15, -0.1) is 0 Å². The molecule has 2 rings (SSSR count). The summed E-state index contributed by atoms with van der Waals surface area (Å²) in [5.41, 5.74) is 4.91. The average molecular weight is 294 g/mol. The van der Waals surface area contributed by atoms with Crippen LogP contribution in [0, 0.1) is 13.8 Å². The van der Waals surface area contributed by atoms with Crippen molar-refractivity contribution in [2.75, 3.05) is 7.05 Å². The van der Waals surface area contributed by atoms with Gasteiger partial charge in [0.05, 0.1) is 18.6 Å². The monoisotopic (exact) mass is 293 g/mol. The molecule has 1 aromatic heterocycles. The Labute approximate surface area is 110 Å². The van der Waals surface area contributed by atoms with E-state index in [2.05, 4.69) is 47.2 Å². The molecular formula is C14H16BrNO. The third-order valence-corrected chi connectivity index (χ3v) is 4.21. The summed E-state index contributed by atoms with van der Waals surface area (Å²) >= 11 is 3.59. The van der Waals surface area contributed by atoms with Gasteiger partial charge in [0.25, 0.3) is 0 Å². The molecule has 0 radical (unpaired) electrons. The highest BCUT2D eigenvalue weighted by atomic mass is 79.9. The van der Waals surface area contributed by atoms with Gasteiger partial charge in [-0.05, 0) is 43.7 Å². The molecule has 0 amide bonds. The fourth-order valence-electron chi connectivity index (χ4n) is 2.11. The first-order valence-corrected chi connectivity index (χ1v) is 6.38. The number of nitrogens with one attached hydrogen (secondary N) is 1. The first-order valence-electron chi connectivity index (χ1n) is 5.59. The molecule has 0 bridgehead atoms. The molecule has 1 heterocycles. The van der Waals surface area contributed by atoms with Gasteiger partial charge in [0.15, 0.2) is 0 Å². The first kappa shape index (κ1) is 12.4. The summed E-state index contributed by atoms with van der Waals surface area (Å²) in [6.07, 6.45) is 3.49. The Morgan fingerprint density at radius 2 is 1.82 bits per heavy atom. The summed E-state index contributed by atoms with van der Waals surface area (Å²) in [6, 6.07) is 6.57. The molecule has 0 aliphatic carbocycles. The summed E-state index contributed by atoms with van der Waals surface area (Å²) in [4.78, 5) is 0. The lowest BCUT2D eigenvalue weighted by molar-refractivity contribution is 0.557. The molecular weight excluding hydrogens is 278 g/mol. The van der Waals surface area contributed by atoms with E-state index in [1.165, 1.54) is 21.2 Å². The van der Waals surface area contributed by atoms with E-state index < -0.39 is 0 Å². The smallest absolute Gasteiger partial charge is 0.0953 e. The topological polar surface area (TPSA) is 25.2 Å². The normalized spacial score (nSPS) is 12.7. The van der Waals surface area contributed by atoms with E-state index in [1.807, 2.05) is 13.1 Å². The van der Waals surface area contributed by atoms with Crippen LogP contribution in [0.5, 0.6) is 0 Å². The maximum atomic E-state index is 5.15. The van der Waals surface area contributed by atoms with Crippen molar-refractivity contribution in [1.82, 2.24) is 5.32 Å². The van der Waals surface area contributed by atoms with Crippen molar-refractivity contribution in [3.63, 3.8) is 0 Å². The van der Waals surface area contributed by atoms with Crippen molar-refractivity contribution in [1.29, 1.82) is 0 Å². The van der Waals surface area contributed by atoms with Gasteiger partial charge in [-0.25, -0.2) is 0 Å². The molecule has 1 unspecified atom stereocenters. The standard InChI is InChI=1S/C14H16BrNO/c1-9-6-12(7-10(2)13(9)15)14(16-3)11-4-5-17-8-11/h4-8,14,16H,1-3H3. The fraction of sp³-hybridized carbons (Fsp3) is 0.286. The zero-order chi connectivity index (χ0) is 12.4. The molecule has 0 spiro atoms. The summed E-state index contributed by atoms with van der Waals surface area (Å²) in [5.74, 6) is 0. The van der Waals surface area contributed by atoms with Gasteiger partial charge in [-0.2, -0.15) is 0 Å². The molecule has 3 heteroatoms. The Bertz CT molecular complexity index is 482. The quantitative estimate of drug-likeness (QED) is 0.926. The number of aryl methyl sites for hydroxylation is 2. The van der Waals surface area contributed by atoms with Crippen molar-refractivity contribution < 1.29 is 4.42 Å². The van der Waals surface area contributed by atoms with Crippen LogP contribution in [0.25, 0.3) is 0 Å². The lowest BCUT2D eigenvalue weighted by atomic mass is 9.97. The van der Waals surface area contributed by atoms with Gasteiger partial charge in [0.1, 0.15) is 0 Å². The molecule has 0 saturated heterocycles. The molecule has 2 nitrogen and oxygen atoms in total. The van der Waals surface area contributed by atoms with Crippen LogP contribution in [0.15, 0.2) is 39.6 Å². The molecule has 1 aromatic carbocycles. The van der Waals surface area contributed by atoms with Crippen molar-refractivity contribution in [3.05, 3.63) is 57.5 Å². The second kappa shape index (κ2) is 5.07. The molecule has 1 atom stereocenters. The third-order valence-electron chi connectivity index (χ3n) is 2.96. The van der Waals surface area contributed by atoms with Gasteiger partial charge in [0, 0.05) is 10.0 Å². The van der Waals surface area contributed by atoms with Crippen LogP contribution < -0.4 is 5.32 Å². The SMILES string of the molecule is CNC(c1ccoc1)c1cc(C)c(Br)c(C)c1. The largest absolute Gasteiger partial charge is 0.472 e. The van der Waals surface area contributed by atoms with Crippen LogP contribution in [-0.2, 0) is 0 Å². The van der Waals surface area contributed by atoms with E-state index in [0.717, 1.165) is 5.56 Å². The Morgan fingerprint density at radius 3 is 2.29 bits per heavy atom. The number of furan rings is 1. The van der Waals surface area contributed by atoms with Gasteiger partial charge in [-0.3, -0.25) is 0 Å². The van der Waals surface area contributed by atoms with Crippen LogP contribution in [0.2, 0.25) is 0 Å². The van der Waals surface area contributed by atoms with E-state index in [9.17, 15) is 0 Å². The lowest BCUT2D eigenvalue weighted by Gasteiger charge is -2.17. The van der Waals surface area contributed by atoms with Gasteiger partial charge >= 0.3 is 0 Å². The molecule has 0 aliphatic rings. The summed E-state index contributed by atoms with van der Waals surface area (Å²) in [5, 5.41) is 3.32. The number of hydrogen-bond acceptors (Lipinski definition) is 2. The summed E-state index contributed by atoms with van der Waals surface area (Å²) in [6.45, 7) is 4.23. The minimum Gasteiger partial charge on any atom is -0.472 e. The number of benzene rings is 1. The van der Waals surface area contributed by atoms with Crippen molar-refractivity contribution >= 4 is 15.9 Å². The zero-order valence-electron chi connectivity index (χ0n) is 10.3. The van der Waals surface area contributed by atoms with E-state index >= 15 is 0 Å². The predicted octanol–water partition coefficient (Wildman–Crippen LogP) is 3.97. The van der Waals surface area contributed by atoms with Crippen LogP contribution in [-0.4, -0.2) is 7.05 Å². The maximum absolute atomic E-state index is 5.15. The van der Waals surface area contributed by atoms with E-state index in [4.69, 9.17) is 4.42 Å². The van der Waals surface area contributed by atoms with Crippen molar-refractivity contribution in [2.45, 2.75) is 19.9 Å². The molecule has 17 heavy (non-hydrogen) atoms. The maximum Gasteiger partial charge on any atom is 0.0953 e. The Balaban J connectivity index is 2.45. The molecule has 2 aromatic rings. The molecule has 0 saturated carbocycles. The van der Waals surface area contributed by atoms with Crippen LogP contribution in [0.3, 0.4) is 0 Å². The number of halogens is 1. The summed E-state index contributed by atoms with van der Waals surface area (Å²) < 4.78 is 6.34. The Morgan fingerprint density at radius 1 is 1.18 bits per heavy atom. The molecule has 0 fully saturated rings. The van der Waals surface area contributed by atoms with Gasteiger partial charge in [-0.1, -0.05) is 28.1 Å². The second-order valence-corrected chi connectivity index (χ2v) is 5.04. The minimum atomic E-state index is 0.180. The van der Waals surface area contributed by atoms with Gasteiger partial charge in [0.2, 0.25) is 0 Å². The number of rotatable bonds is 3. The Hall–Kier alpha value is -1.06. The minimum absolute atomic E-state index is 0.180. The summed E-state index contributed by atoms with van der Waals surface area (Å²) in [7, 11) is 1.96. The lowest BCUT2D eigenvalue weighted by Crippen LogP contribution is -2.17. The van der Waals surface area contributed by atoms with Gasteiger partial charge < -0.3 is 9.73 Å². The predicted molar refractivity (Wildman–Crippen MR) is 73.2 cm³/mol. The second-order valence-electron chi connectivity index (χ2n) is 4.25. The highest BCUT2D eigenvalue weighted by molar-refractivity contribution is 9.10. The van der Waals surface area contributed by atoms with Crippen molar-refractivity contribution in [2.24, 2.45) is 0 Å². The Kier molecular flexibility index (Phi) is 3.69. The van der Waals surface area contributed by atoms with Crippen molar-refractivity contribution in [3.8, 4) is 0 Å².